The van der Waals surface area contributed by atoms with Crippen molar-refractivity contribution < 1.29 is 9.53 Å². The molecule has 0 aliphatic heterocycles. The molecule has 2 aromatic heterocycles. The van der Waals surface area contributed by atoms with E-state index >= 15 is 0 Å². The molecule has 1 saturated carbocycles. The first-order valence-corrected chi connectivity index (χ1v) is 8.36. The molecule has 0 N–H and O–H groups in total. The molecule has 7 nitrogen and oxygen atoms in total. The van der Waals surface area contributed by atoms with Crippen LogP contribution in [-0.4, -0.2) is 37.9 Å². The Kier molecular flexibility index (Phi) is 4.05. The van der Waals surface area contributed by atoms with Gasteiger partial charge in [-0.05, 0) is 43.0 Å². The molecule has 3 aromatic rings. The highest BCUT2D eigenvalue weighted by Gasteiger charge is 2.20. The van der Waals surface area contributed by atoms with Gasteiger partial charge in [-0.2, -0.15) is 5.10 Å². The smallest absolute Gasteiger partial charge is 0.337 e. The van der Waals surface area contributed by atoms with E-state index in [9.17, 15) is 4.79 Å². The van der Waals surface area contributed by atoms with Gasteiger partial charge in [-0.25, -0.2) is 9.48 Å². The molecule has 0 spiro atoms. The lowest BCUT2D eigenvalue weighted by Crippen LogP contribution is -2.17. The van der Waals surface area contributed by atoms with Crippen molar-refractivity contribution in [1.82, 2.24) is 24.8 Å². The number of hydrogen-bond donors (Lipinski definition) is 0. The molecular formula is C18H19N5O2. The third kappa shape index (κ3) is 3.17. The molecule has 7 heteroatoms. The topological polar surface area (TPSA) is 74.8 Å². The number of benzene rings is 1. The average Bonchev–Trinajstić information content (AvgIpc) is 3.22. The van der Waals surface area contributed by atoms with E-state index in [1.54, 1.807) is 16.8 Å². The van der Waals surface area contributed by atoms with Crippen molar-refractivity contribution in [3.63, 3.8) is 0 Å². The van der Waals surface area contributed by atoms with Gasteiger partial charge in [-0.1, -0.05) is 17.3 Å². The molecule has 2 heterocycles. The van der Waals surface area contributed by atoms with Crippen LogP contribution in [0.15, 0.2) is 42.7 Å². The van der Waals surface area contributed by atoms with E-state index in [0.717, 1.165) is 17.0 Å². The second kappa shape index (κ2) is 6.51. The summed E-state index contributed by atoms with van der Waals surface area (Å²) >= 11 is 0. The number of methoxy groups -OCH3 is 1. The number of carbonyl (C=O) groups is 1. The highest BCUT2D eigenvalue weighted by atomic mass is 16.5. The van der Waals surface area contributed by atoms with Crippen LogP contribution in [0.1, 0.15) is 41.2 Å². The van der Waals surface area contributed by atoms with E-state index < -0.39 is 0 Å². The second-order valence-electron chi connectivity index (χ2n) is 6.26. The van der Waals surface area contributed by atoms with Crippen LogP contribution in [-0.2, 0) is 11.3 Å². The van der Waals surface area contributed by atoms with E-state index in [-0.39, 0.29) is 5.97 Å². The second-order valence-corrected chi connectivity index (χ2v) is 6.26. The Hall–Kier alpha value is -2.96. The zero-order chi connectivity index (χ0) is 17.2. The minimum atomic E-state index is -0.345. The van der Waals surface area contributed by atoms with Crippen molar-refractivity contribution in [3.8, 4) is 11.4 Å². The number of rotatable bonds is 5. The number of esters is 1. The van der Waals surface area contributed by atoms with Gasteiger partial charge < -0.3 is 4.74 Å². The molecule has 0 unspecified atom stereocenters. The maximum atomic E-state index is 11.6. The van der Waals surface area contributed by atoms with Gasteiger partial charge in [0.05, 0.1) is 31.5 Å². The van der Waals surface area contributed by atoms with Crippen LogP contribution in [0, 0.1) is 0 Å². The van der Waals surface area contributed by atoms with Crippen molar-refractivity contribution in [2.45, 2.75) is 31.8 Å². The summed E-state index contributed by atoms with van der Waals surface area (Å²) in [5, 5.41) is 13.0. The van der Waals surface area contributed by atoms with Gasteiger partial charge in [0.1, 0.15) is 11.4 Å². The molecule has 25 heavy (non-hydrogen) atoms. The molecule has 0 bridgehead atoms. The standard InChI is InChI=1S/C18H19N5O2/c1-25-18(24)14-5-2-4-13(10-14)11-22-12-17(19-21-22)16-8-9-23(20-16)15-6-3-7-15/h2,4-5,8-10,12,15H,3,6-7,11H2,1H3. The van der Waals surface area contributed by atoms with Crippen molar-refractivity contribution in [2.24, 2.45) is 0 Å². The lowest BCUT2D eigenvalue weighted by Gasteiger charge is -2.25. The monoisotopic (exact) mass is 337 g/mol. The fourth-order valence-electron chi connectivity index (χ4n) is 2.92. The van der Waals surface area contributed by atoms with Gasteiger partial charge in [0.25, 0.3) is 0 Å². The Balaban J connectivity index is 1.49. The number of aromatic nitrogens is 5. The van der Waals surface area contributed by atoms with Crippen molar-refractivity contribution in [2.75, 3.05) is 7.11 Å². The van der Waals surface area contributed by atoms with E-state index in [1.807, 2.05) is 35.3 Å². The largest absolute Gasteiger partial charge is 0.465 e. The van der Waals surface area contributed by atoms with Gasteiger partial charge in [0.2, 0.25) is 0 Å². The van der Waals surface area contributed by atoms with Crippen molar-refractivity contribution >= 4 is 5.97 Å². The third-order valence-corrected chi connectivity index (χ3v) is 4.55. The Morgan fingerprint density at radius 1 is 1.28 bits per heavy atom. The zero-order valence-corrected chi connectivity index (χ0v) is 14.0. The van der Waals surface area contributed by atoms with Crippen LogP contribution in [0.2, 0.25) is 0 Å². The molecule has 0 saturated heterocycles. The van der Waals surface area contributed by atoms with Crippen LogP contribution in [0.25, 0.3) is 11.4 Å². The van der Waals surface area contributed by atoms with E-state index in [4.69, 9.17) is 4.74 Å². The highest BCUT2D eigenvalue weighted by Crippen LogP contribution is 2.31. The SMILES string of the molecule is COC(=O)c1cccc(Cn2cc(-c3ccn(C4CCC4)n3)nn2)c1. The summed E-state index contributed by atoms with van der Waals surface area (Å²) in [5.41, 5.74) is 3.07. The molecule has 0 radical (unpaired) electrons. The van der Waals surface area contributed by atoms with E-state index in [2.05, 4.69) is 15.4 Å². The van der Waals surface area contributed by atoms with Gasteiger partial charge in [0, 0.05) is 6.20 Å². The summed E-state index contributed by atoms with van der Waals surface area (Å²) in [6.45, 7) is 0.529. The maximum Gasteiger partial charge on any atom is 0.337 e. The molecule has 1 aliphatic carbocycles. The van der Waals surface area contributed by atoms with Crippen LogP contribution in [0.3, 0.4) is 0 Å². The lowest BCUT2D eigenvalue weighted by atomic mass is 9.93. The first-order chi connectivity index (χ1) is 12.2. The predicted molar refractivity (Wildman–Crippen MR) is 91.0 cm³/mol. The third-order valence-electron chi connectivity index (χ3n) is 4.55. The number of ether oxygens (including phenoxy) is 1. The number of hydrogen-bond acceptors (Lipinski definition) is 5. The summed E-state index contributed by atoms with van der Waals surface area (Å²) in [7, 11) is 1.38. The summed E-state index contributed by atoms with van der Waals surface area (Å²) in [6, 6.07) is 9.82. The van der Waals surface area contributed by atoms with Gasteiger partial charge in [-0.15, -0.1) is 5.10 Å². The van der Waals surface area contributed by atoms with Crippen LogP contribution < -0.4 is 0 Å². The molecule has 128 valence electrons. The molecule has 1 fully saturated rings. The fourth-order valence-corrected chi connectivity index (χ4v) is 2.92. The molecular weight excluding hydrogens is 318 g/mol. The number of carbonyl (C=O) groups excluding carboxylic acids is 1. The average molecular weight is 337 g/mol. The molecule has 4 rings (SSSR count). The minimum absolute atomic E-state index is 0.345. The normalized spacial score (nSPS) is 14.3. The Labute approximate surface area is 145 Å². The molecule has 1 aliphatic rings. The first kappa shape index (κ1) is 15.6. The van der Waals surface area contributed by atoms with Crippen LogP contribution >= 0.6 is 0 Å². The molecule has 0 atom stereocenters. The quantitative estimate of drug-likeness (QED) is 0.669. The zero-order valence-electron chi connectivity index (χ0n) is 14.0. The van der Waals surface area contributed by atoms with Crippen LogP contribution in [0.5, 0.6) is 0 Å². The lowest BCUT2D eigenvalue weighted by molar-refractivity contribution is 0.0600. The number of nitrogens with zero attached hydrogens (tertiary/aromatic N) is 5. The molecule has 1 aromatic carbocycles. The summed E-state index contributed by atoms with van der Waals surface area (Å²) in [4.78, 5) is 11.6. The van der Waals surface area contributed by atoms with Gasteiger partial charge >= 0.3 is 5.97 Å². The summed E-state index contributed by atoms with van der Waals surface area (Å²) in [5.74, 6) is -0.345. The Morgan fingerprint density at radius 2 is 2.16 bits per heavy atom. The first-order valence-electron chi connectivity index (χ1n) is 8.36. The van der Waals surface area contributed by atoms with E-state index in [0.29, 0.717) is 18.2 Å². The highest BCUT2D eigenvalue weighted by molar-refractivity contribution is 5.89. The van der Waals surface area contributed by atoms with Gasteiger partial charge in [0.15, 0.2) is 0 Å². The molecule has 0 amide bonds. The van der Waals surface area contributed by atoms with Crippen molar-refractivity contribution in [3.05, 3.63) is 53.9 Å². The van der Waals surface area contributed by atoms with Crippen LogP contribution in [0.4, 0.5) is 0 Å². The maximum absolute atomic E-state index is 11.6. The van der Waals surface area contributed by atoms with E-state index in [1.165, 1.54) is 26.4 Å². The summed E-state index contributed by atoms with van der Waals surface area (Å²) in [6.07, 6.45) is 7.56. The van der Waals surface area contributed by atoms with Crippen molar-refractivity contribution in [1.29, 1.82) is 0 Å². The Morgan fingerprint density at radius 3 is 2.92 bits per heavy atom. The van der Waals surface area contributed by atoms with Gasteiger partial charge in [-0.3, -0.25) is 4.68 Å². The predicted octanol–water partition coefficient (Wildman–Crippen LogP) is 2.70. The Bertz CT molecular complexity index is 894. The fraction of sp³-hybridized carbons (Fsp3) is 0.333. The summed E-state index contributed by atoms with van der Waals surface area (Å²) < 4.78 is 8.52. The minimum Gasteiger partial charge on any atom is -0.465 e.